The quantitative estimate of drug-likeness (QED) is 0.569. The average molecular weight is 161 g/mol. The highest BCUT2D eigenvalue weighted by Gasteiger charge is 2.21. The van der Waals surface area contributed by atoms with Crippen LogP contribution in [0.4, 0.5) is 0 Å². The Morgan fingerprint density at radius 1 is 1.17 bits per heavy atom. The number of pyridine rings is 1. The molecule has 1 nitrogen and oxygen atoms in total. The van der Waals surface area contributed by atoms with E-state index < -0.39 is 0 Å². The van der Waals surface area contributed by atoms with Crippen molar-refractivity contribution in [2.45, 2.75) is 26.7 Å². The Balaban J connectivity index is 2.34. The fourth-order valence-electron chi connectivity index (χ4n) is 1.94. The molecule has 0 saturated heterocycles. The van der Waals surface area contributed by atoms with Crippen molar-refractivity contribution in [3.05, 3.63) is 29.6 Å². The molecule has 0 bridgehead atoms. The summed E-state index contributed by atoms with van der Waals surface area (Å²) in [4.78, 5) is 4.16. The first-order chi connectivity index (χ1) is 5.77. The summed E-state index contributed by atoms with van der Waals surface area (Å²) < 4.78 is 0. The van der Waals surface area contributed by atoms with Crippen LogP contribution in [0.2, 0.25) is 0 Å². The van der Waals surface area contributed by atoms with Gasteiger partial charge in [-0.3, -0.25) is 4.98 Å². The molecule has 0 fully saturated rings. The van der Waals surface area contributed by atoms with Gasteiger partial charge in [0, 0.05) is 12.4 Å². The zero-order chi connectivity index (χ0) is 8.55. The van der Waals surface area contributed by atoms with Crippen molar-refractivity contribution in [1.82, 2.24) is 4.98 Å². The van der Waals surface area contributed by atoms with E-state index in [1.165, 1.54) is 24.0 Å². The van der Waals surface area contributed by atoms with E-state index >= 15 is 0 Å². The molecule has 1 heterocycles. The number of nitrogens with zero attached hydrogens (tertiary/aromatic N) is 1. The average Bonchev–Trinajstić information content (AvgIpc) is 2.07. The van der Waals surface area contributed by atoms with Crippen LogP contribution in [0.5, 0.6) is 0 Å². The number of fused-ring (bicyclic) bond motifs is 1. The predicted molar refractivity (Wildman–Crippen MR) is 50.0 cm³/mol. The fourth-order valence-corrected chi connectivity index (χ4v) is 1.94. The van der Waals surface area contributed by atoms with Gasteiger partial charge in [-0.15, -0.1) is 0 Å². The SMILES string of the molecule is C[C@H]1Cc2ccncc2C[C@@H]1C. The van der Waals surface area contributed by atoms with E-state index in [4.69, 9.17) is 0 Å². The molecule has 0 amide bonds. The highest BCUT2D eigenvalue weighted by Crippen LogP contribution is 2.28. The van der Waals surface area contributed by atoms with E-state index in [0.29, 0.717) is 0 Å². The third kappa shape index (κ3) is 1.24. The van der Waals surface area contributed by atoms with Gasteiger partial charge in [0.15, 0.2) is 0 Å². The minimum atomic E-state index is 0.821. The number of rotatable bonds is 0. The van der Waals surface area contributed by atoms with Gasteiger partial charge in [-0.25, -0.2) is 0 Å². The van der Waals surface area contributed by atoms with E-state index in [1.807, 2.05) is 12.4 Å². The number of hydrogen-bond acceptors (Lipinski definition) is 1. The first-order valence-electron chi connectivity index (χ1n) is 4.69. The van der Waals surface area contributed by atoms with Crippen LogP contribution in [0.3, 0.4) is 0 Å². The van der Waals surface area contributed by atoms with E-state index in [2.05, 4.69) is 24.9 Å². The van der Waals surface area contributed by atoms with E-state index in [-0.39, 0.29) is 0 Å². The third-order valence-electron chi connectivity index (χ3n) is 3.06. The van der Waals surface area contributed by atoms with Gasteiger partial charge < -0.3 is 0 Å². The summed E-state index contributed by atoms with van der Waals surface area (Å²) in [5.74, 6) is 1.65. The van der Waals surface area contributed by atoms with Crippen molar-refractivity contribution in [3.8, 4) is 0 Å². The standard InChI is InChI=1S/C11H15N/c1-8-5-10-3-4-12-7-11(10)6-9(8)2/h3-4,7-9H,5-6H2,1-2H3/t8-,9-/m0/s1. The van der Waals surface area contributed by atoms with Crippen LogP contribution < -0.4 is 0 Å². The van der Waals surface area contributed by atoms with Gasteiger partial charge in [0.2, 0.25) is 0 Å². The molecule has 2 atom stereocenters. The van der Waals surface area contributed by atoms with E-state index in [0.717, 1.165) is 11.8 Å². The van der Waals surface area contributed by atoms with Gasteiger partial charge in [0.05, 0.1) is 0 Å². The smallest absolute Gasteiger partial charge is 0.0302 e. The molecule has 0 spiro atoms. The summed E-state index contributed by atoms with van der Waals surface area (Å²) in [5, 5.41) is 0. The second-order valence-electron chi connectivity index (χ2n) is 4.01. The lowest BCUT2D eigenvalue weighted by molar-refractivity contribution is 0.360. The lowest BCUT2D eigenvalue weighted by atomic mass is 9.79. The normalized spacial score (nSPS) is 28.2. The van der Waals surface area contributed by atoms with Crippen LogP contribution in [-0.4, -0.2) is 4.98 Å². The summed E-state index contributed by atoms with van der Waals surface area (Å²) in [6.45, 7) is 4.68. The monoisotopic (exact) mass is 161 g/mol. The lowest BCUT2D eigenvalue weighted by Gasteiger charge is -2.27. The Labute approximate surface area is 73.8 Å². The number of hydrogen-bond donors (Lipinski definition) is 0. The Hall–Kier alpha value is -0.850. The van der Waals surface area contributed by atoms with Gasteiger partial charge in [0.25, 0.3) is 0 Å². The van der Waals surface area contributed by atoms with Crippen molar-refractivity contribution in [3.63, 3.8) is 0 Å². The molecule has 0 aromatic carbocycles. The first kappa shape index (κ1) is 7.78. The second-order valence-corrected chi connectivity index (χ2v) is 4.01. The van der Waals surface area contributed by atoms with Gasteiger partial charge in [-0.05, 0) is 41.9 Å². The molecule has 1 aromatic heterocycles. The van der Waals surface area contributed by atoms with Crippen LogP contribution in [0, 0.1) is 11.8 Å². The van der Waals surface area contributed by atoms with Crippen LogP contribution in [0.1, 0.15) is 25.0 Å². The molecule has 1 aliphatic carbocycles. The highest BCUT2D eigenvalue weighted by molar-refractivity contribution is 5.26. The molecule has 1 aliphatic rings. The zero-order valence-electron chi connectivity index (χ0n) is 7.75. The van der Waals surface area contributed by atoms with Crippen LogP contribution in [0.25, 0.3) is 0 Å². The summed E-state index contributed by atoms with van der Waals surface area (Å²) >= 11 is 0. The lowest BCUT2D eigenvalue weighted by Crippen LogP contribution is -2.20. The fraction of sp³-hybridized carbons (Fsp3) is 0.545. The molecule has 0 radical (unpaired) electrons. The maximum atomic E-state index is 4.16. The molecule has 0 N–H and O–H groups in total. The Bertz CT molecular complexity index is 251. The Morgan fingerprint density at radius 2 is 1.83 bits per heavy atom. The summed E-state index contributed by atoms with van der Waals surface area (Å²) in [5.41, 5.74) is 2.97. The van der Waals surface area contributed by atoms with Gasteiger partial charge in [-0.1, -0.05) is 13.8 Å². The Kier molecular flexibility index (Phi) is 1.87. The van der Waals surface area contributed by atoms with Crippen molar-refractivity contribution in [2.75, 3.05) is 0 Å². The van der Waals surface area contributed by atoms with Gasteiger partial charge in [0.1, 0.15) is 0 Å². The molecule has 0 saturated carbocycles. The van der Waals surface area contributed by atoms with Crippen molar-refractivity contribution < 1.29 is 0 Å². The maximum absolute atomic E-state index is 4.16. The minimum absolute atomic E-state index is 0.821. The molecule has 12 heavy (non-hydrogen) atoms. The number of aromatic nitrogens is 1. The second kappa shape index (κ2) is 2.89. The predicted octanol–water partition coefficient (Wildman–Crippen LogP) is 2.45. The molecule has 0 aliphatic heterocycles. The van der Waals surface area contributed by atoms with E-state index in [1.54, 1.807) is 0 Å². The first-order valence-corrected chi connectivity index (χ1v) is 4.69. The van der Waals surface area contributed by atoms with Crippen molar-refractivity contribution in [2.24, 2.45) is 11.8 Å². The molecule has 2 rings (SSSR count). The van der Waals surface area contributed by atoms with Crippen LogP contribution >= 0.6 is 0 Å². The van der Waals surface area contributed by atoms with Gasteiger partial charge >= 0.3 is 0 Å². The summed E-state index contributed by atoms with van der Waals surface area (Å²) in [7, 11) is 0. The molecule has 1 aromatic rings. The largest absolute Gasteiger partial charge is 0.264 e. The highest BCUT2D eigenvalue weighted by atomic mass is 14.6. The zero-order valence-corrected chi connectivity index (χ0v) is 7.75. The van der Waals surface area contributed by atoms with Crippen molar-refractivity contribution in [1.29, 1.82) is 0 Å². The topological polar surface area (TPSA) is 12.9 Å². The summed E-state index contributed by atoms with van der Waals surface area (Å²) in [6, 6.07) is 2.16. The van der Waals surface area contributed by atoms with Gasteiger partial charge in [-0.2, -0.15) is 0 Å². The van der Waals surface area contributed by atoms with E-state index in [9.17, 15) is 0 Å². The molecule has 0 unspecified atom stereocenters. The molecule has 1 heteroatoms. The molecule has 64 valence electrons. The summed E-state index contributed by atoms with van der Waals surface area (Å²) in [6.07, 6.45) is 6.38. The molecular formula is C11H15N. The Morgan fingerprint density at radius 3 is 2.58 bits per heavy atom. The van der Waals surface area contributed by atoms with Crippen LogP contribution in [0.15, 0.2) is 18.5 Å². The third-order valence-corrected chi connectivity index (χ3v) is 3.06. The molecular weight excluding hydrogens is 146 g/mol. The van der Waals surface area contributed by atoms with Crippen molar-refractivity contribution >= 4 is 0 Å². The van der Waals surface area contributed by atoms with Crippen LogP contribution in [-0.2, 0) is 12.8 Å². The minimum Gasteiger partial charge on any atom is -0.264 e. The maximum Gasteiger partial charge on any atom is 0.0302 e.